The van der Waals surface area contributed by atoms with Gasteiger partial charge in [0.25, 0.3) is 5.69 Å². The van der Waals surface area contributed by atoms with Crippen LogP contribution in [0.4, 0.5) is 11.4 Å². The number of carbonyl (C=O) groups excluding carboxylic acids is 1. The van der Waals surface area contributed by atoms with Gasteiger partial charge in [-0.1, -0.05) is 6.92 Å². The zero-order valence-electron chi connectivity index (χ0n) is 11.0. The summed E-state index contributed by atoms with van der Waals surface area (Å²) in [6, 6.07) is 4.65. The molecule has 0 aliphatic carbocycles. The van der Waals surface area contributed by atoms with Crippen LogP contribution in [0.5, 0.6) is 0 Å². The Balaban J connectivity index is 2.22. The van der Waals surface area contributed by atoms with Crippen LogP contribution < -0.4 is 10.2 Å². The summed E-state index contributed by atoms with van der Waals surface area (Å²) in [6.07, 6.45) is 0.767. The predicted octanol–water partition coefficient (Wildman–Crippen LogP) is 1.62. The molecule has 1 fully saturated rings. The van der Waals surface area contributed by atoms with E-state index in [0.29, 0.717) is 12.1 Å². The highest BCUT2D eigenvalue weighted by molar-refractivity contribution is 5.99. The van der Waals surface area contributed by atoms with Crippen LogP contribution in [0.3, 0.4) is 0 Å². The van der Waals surface area contributed by atoms with Crippen molar-refractivity contribution in [1.29, 1.82) is 0 Å². The molecule has 6 heteroatoms. The molecule has 0 spiro atoms. The Bertz CT molecular complexity index is 516. The molecule has 0 radical (unpaired) electrons. The minimum absolute atomic E-state index is 0.0371. The van der Waals surface area contributed by atoms with Gasteiger partial charge in [0.05, 0.1) is 11.0 Å². The first kappa shape index (κ1) is 13.5. The average molecular weight is 263 g/mol. The van der Waals surface area contributed by atoms with Gasteiger partial charge < -0.3 is 10.2 Å². The van der Waals surface area contributed by atoms with Crippen molar-refractivity contribution in [2.24, 2.45) is 0 Å². The summed E-state index contributed by atoms with van der Waals surface area (Å²) in [5, 5.41) is 13.9. The van der Waals surface area contributed by atoms with Crippen molar-refractivity contribution in [2.75, 3.05) is 18.0 Å². The van der Waals surface area contributed by atoms with Gasteiger partial charge in [-0.15, -0.1) is 0 Å². The number of nitrogens with one attached hydrogen (secondary N) is 1. The van der Waals surface area contributed by atoms with Crippen LogP contribution in [0.25, 0.3) is 0 Å². The molecular formula is C13H17N3O3. The molecule has 102 valence electrons. The maximum atomic E-state index is 12.2. The lowest BCUT2D eigenvalue weighted by Crippen LogP contribution is -2.38. The summed E-state index contributed by atoms with van der Waals surface area (Å²) in [4.78, 5) is 24.2. The molecule has 1 amide bonds. The predicted molar refractivity (Wildman–Crippen MR) is 72.3 cm³/mol. The third kappa shape index (κ3) is 2.58. The smallest absolute Gasteiger partial charge is 0.272 e. The van der Waals surface area contributed by atoms with E-state index < -0.39 is 4.92 Å². The number of rotatable bonds is 4. The number of carbonyl (C=O) groups is 1. The van der Waals surface area contributed by atoms with E-state index >= 15 is 0 Å². The van der Waals surface area contributed by atoms with Gasteiger partial charge in [0.2, 0.25) is 5.91 Å². The molecule has 1 saturated heterocycles. The molecule has 1 aliphatic rings. The molecule has 0 saturated carbocycles. The van der Waals surface area contributed by atoms with Crippen LogP contribution in [-0.2, 0) is 4.79 Å². The summed E-state index contributed by atoms with van der Waals surface area (Å²) in [5.74, 6) is 0.0371. The fourth-order valence-corrected chi connectivity index (χ4v) is 2.38. The van der Waals surface area contributed by atoms with Crippen LogP contribution in [0.1, 0.15) is 18.9 Å². The molecule has 1 aromatic rings. The van der Waals surface area contributed by atoms with Gasteiger partial charge in [-0.2, -0.15) is 0 Å². The zero-order chi connectivity index (χ0) is 14.0. The molecule has 1 aromatic carbocycles. The number of nitro benzene ring substituents is 1. The minimum atomic E-state index is -0.410. The number of hydrogen-bond acceptors (Lipinski definition) is 4. The van der Waals surface area contributed by atoms with Crippen molar-refractivity contribution >= 4 is 17.3 Å². The van der Waals surface area contributed by atoms with E-state index in [1.807, 2.05) is 6.92 Å². The first-order valence-electron chi connectivity index (χ1n) is 6.34. The monoisotopic (exact) mass is 263 g/mol. The number of nitro groups is 1. The van der Waals surface area contributed by atoms with Crippen molar-refractivity contribution < 1.29 is 9.72 Å². The standard InChI is InChI=1S/C13H17N3O3/c1-3-14-11-6-7-15(13(11)17)10-4-5-12(16(18)19)9(2)8-10/h4-5,8,11,14H,3,6-7H2,1-2H3. The molecular weight excluding hydrogens is 246 g/mol. The lowest BCUT2D eigenvalue weighted by Gasteiger charge is -2.17. The Labute approximate surface area is 111 Å². The number of anilines is 1. The number of amides is 1. The SMILES string of the molecule is CCNC1CCN(c2ccc([N+](=O)[O-])c(C)c2)C1=O. The summed E-state index contributed by atoms with van der Waals surface area (Å²) in [5.41, 5.74) is 1.38. The first-order chi connectivity index (χ1) is 9.04. The van der Waals surface area contributed by atoms with E-state index in [-0.39, 0.29) is 17.6 Å². The summed E-state index contributed by atoms with van der Waals surface area (Å²) in [7, 11) is 0. The maximum absolute atomic E-state index is 12.2. The van der Waals surface area contributed by atoms with E-state index in [4.69, 9.17) is 0 Å². The molecule has 0 bridgehead atoms. The highest BCUT2D eigenvalue weighted by Crippen LogP contribution is 2.27. The normalized spacial score (nSPS) is 18.9. The van der Waals surface area contributed by atoms with Crippen molar-refractivity contribution in [1.82, 2.24) is 5.32 Å². The lowest BCUT2D eigenvalue weighted by atomic mass is 10.1. The Hall–Kier alpha value is -1.95. The Morgan fingerprint density at radius 3 is 2.84 bits per heavy atom. The van der Waals surface area contributed by atoms with Gasteiger partial charge in [-0.25, -0.2) is 0 Å². The number of aryl methyl sites for hydroxylation is 1. The lowest BCUT2D eigenvalue weighted by molar-refractivity contribution is -0.385. The van der Waals surface area contributed by atoms with E-state index in [0.717, 1.165) is 18.7 Å². The Kier molecular flexibility index (Phi) is 3.80. The second-order valence-electron chi connectivity index (χ2n) is 4.62. The van der Waals surface area contributed by atoms with Crippen molar-refractivity contribution in [2.45, 2.75) is 26.3 Å². The summed E-state index contributed by atoms with van der Waals surface area (Å²) >= 11 is 0. The third-order valence-electron chi connectivity index (χ3n) is 3.34. The van der Waals surface area contributed by atoms with Gasteiger partial charge in [0, 0.05) is 23.9 Å². The maximum Gasteiger partial charge on any atom is 0.272 e. The number of likely N-dealkylation sites (N-methyl/N-ethyl adjacent to an activating group) is 1. The molecule has 1 aliphatic heterocycles. The van der Waals surface area contributed by atoms with E-state index in [2.05, 4.69) is 5.32 Å². The van der Waals surface area contributed by atoms with Gasteiger partial charge in [-0.3, -0.25) is 14.9 Å². The number of nitrogens with zero attached hydrogens (tertiary/aromatic N) is 2. The molecule has 2 rings (SSSR count). The van der Waals surface area contributed by atoms with Crippen LogP contribution in [0.15, 0.2) is 18.2 Å². The number of hydrogen-bond donors (Lipinski definition) is 1. The largest absolute Gasteiger partial charge is 0.311 e. The fourth-order valence-electron chi connectivity index (χ4n) is 2.38. The quantitative estimate of drug-likeness (QED) is 0.661. The van der Waals surface area contributed by atoms with Crippen LogP contribution in [0, 0.1) is 17.0 Å². The Morgan fingerprint density at radius 1 is 1.53 bits per heavy atom. The summed E-state index contributed by atoms with van der Waals surface area (Å²) < 4.78 is 0. The first-order valence-corrected chi connectivity index (χ1v) is 6.34. The van der Waals surface area contributed by atoms with Crippen molar-refractivity contribution in [3.63, 3.8) is 0 Å². The Morgan fingerprint density at radius 2 is 2.26 bits per heavy atom. The third-order valence-corrected chi connectivity index (χ3v) is 3.34. The topological polar surface area (TPSA) is 75.5 Å². The van der Waals surface area contributed by atoms with Crippen LogP contribution in [-0.4, -0.2) is 30.0 Å². The highest BCUT2D eigenvalue weighted by Gasteiger charge is 2.32. The molecule has 1 heterocycles. The molecule has 1 atom stereocenters. The van der Waals surface area contributed by atoms with Gasteiger partial charge in [-0.05, 0) is 32.0 Å². The number of benzene rings is 1. The van der Waals surface area contributed by atoms with Gasteiger partial charge >= 0.3 is 0 Å². The molecule has 0 aromatic heterocycles. The molecule has 1 N–H and O–H groups in total. The zero-order valence-corrected chi connectivity index (χ0v) is 11.0. The molecule has 1 unspecified atom stereocenters. The van der Waals surface area contributed by atoms with Crippen molar-refractivity contribution in [3.8, 4) is 0 Å². The van der Waals surface area contributed by atoms with Gasteiger partial charge in [0.15, 0.2) is 0 Å². The van der Waals surface area contributed by atoms with Gasteiger partial charge in [0.1, 0.15) is 0 Å². The van der Waals surface area contributed by atoms with E-state index in [9.17, 15) is 14.9 Å². The minimum Gasteiger partial charge on any atom is -0.311 e. The molecule has 19 heavy (non-hydrogen) atoms. The van der Waals surface area contributed by atoms with E-state index in [1.165, 1.54) is 6.07 Å². The second kappa shape index (κ2) is 5.36. The summed E-state index contributed by atoms with van der Waals surface area (Å²) in [6.45, 7) is 5.05. The van der Waals surface area contributed by atoms with Crippen LogP contribution in [0.2, 0.25) is 0 Å². The average Bonchev–Trinajstić information content (AvgIpc) is 2.71. The molecule has 6 nitrogen and oxygen atoms in total. The second-order valence-corrected chi connectivity index (χ2v) is 4.62. The highest BCUT2D eigenvalue weighted by atomic mass is 16.6. The van der Waals surface area contributed by atoms with Crippen molar-refractivity contribution in [3.05, 3.63) is 33.9 Å². The van der Waals surface area contributed by atoms with E-state index in [1.54, 1.807) is 24.0 Å². The van der Waals surface area contributed by atoms with Crippen LogP contribution >= 0.6 is 0 Å². The fraction of sp³-hybridized carbons (Fsp3) is 0.462.